The first kappa shape index (κ1) is 27.5. The molecule has 4 aliphatic carbocycles. The predicted molar refractivity (Wildman–Crippen MR) is 133 cm³/mol. The third-order valence-corrected chi connectivity index (χ3v) is 16.4. The monoisotopic (exact) mass is 536 g/mol. The molecule has 202 valence electrons. The van der Waals surface area contributed by atoms with E-state index in [0.717, 1.165) is 38.5 Å². The summed E-state index contributed by atoms with van der Waals surface area (Å²) in [6.45, 7) is 15.8. The molecule has 0 spiro atoms. The summed E-state index contributed by atoms with van der Waals surface area (Å²) in [7, 11) is -7.47. The van der Waals surface area contributed by atoms with Gasteiger partial charge in [0, 0.05) is 11.5 Å². The molecule has 7 atom stereocenters. The maximum atomic E-state index is 13.0. The van der Waals surface area contributed by atoms with Crippen LogP contribution >= 0.6 is 0 Å². The zero-order chi connectivity index (χ0) is 26.2. The summed E-state index contributed by atoms with van der Waals surface area (Å²) in [5.74, 6) is 1.65. The van der Waals surface area contributed by atoms with Gasteiger partial charge in [0.15, 0.2) is 8.32 Å². The molecule has 0 aliphatic heterocycles. The van der Waals surface area contributed by atoms with E-state index in [1.807, 2.05) is 6.92 Å². The third-order valence-electron chi connectivity index (χ3n) is 10.9. The van der Waals surface area contributed by atoms with Gasteiger partial charge < -0.3 is 8.61 Å². The first-order valence-electron chi connectivity index (χ1n) is 13.2. The molecule has 35 heavy (non-hydrogen) atoms. The van der Waals surface area contributed by atoms with Gasteiger partial charge in [-0.2, -0.15) is 21.6 Å². The highest BCUT2D eigenvalue weighted by Gasteiger charge is 2.61. The van der Waals surface area contributed by atoms with E-state index in [1.54, 1.807) is 6.08 Å². The zero-order valence-corrected chi connectivity index (χ0v) is 24.1. The van der Waals surface area contributed by atoms with Crippen molar-refractivity contribution < 1.29 is 30.2 Å². The lowest BCUT2D eigenvalue weighted by molar-refractivity contribution is -0.119. The third kappa shape index (κ3) is 4.53. The van der Waals surface area contributed by atoms with Gasteiger partial charge in [0.2, 0.25) is 0 Å². The number of hydrogen-bond acceptors (Lipinski definition) is 4. The van der Waals surface area contributed by atoms with Crippen LogP contribution < -0.4 is 0 Å². The van der Waals surface area contributed by atoms with Gasteiger partial charge in [-0.3, -0.25) is 0 Å². The average Bonchev–Trinajstić information content (AvgIpc) is 3.02. The molecule has 3 saturated carbocycles. The minimum absolute atomic E-state index is 0.0111. The van der Waals surface area contributed by atoms with E-state index in [9.17, 15) is 21.6 Å². The van der Waals surface area contributed by atoms with E-state index >= 15 is 0 Å². The average molecular weight is 537 g/mol. The van der Waals surface area contributed by atoms with Crippen molar-refractivity contribution in [2.45, 2.75) is 116 Å². The Balaban J connectivity index is 1.48. The Morgan fingerprint density at radius 3 is 2.26 bits per heavy atom. The smallest absolute Gasteiger partial charge is 0.414 e. The van der Waals surface area contributed by atoms with Crippen LogP contribution in [0.15, 0.2) is 11.8 Å². The van der Waals surface area contributed by atoms with Gasteiger partial charge in [-0.15, -0.1) is 0 Å². The van der Waals surface area contributed by atoms with Crippen molar-refractivity contribution >= 4 is 18.4 Å². The first-order valence-corrected chi connectivity index (χ1v) is 17.5. The molecule has 4 nitrogen and oxygen atoms in total. The number of halogens is 3. The van der Waals surface area contributed by atoms with Crippen molar-refractivity contribution in [3.05, 3.63) is 11.8 Å². The van der Waals surface area contributed by atoms with Gasteiger partial charge >= 0.3 is 15.6 Å². The largest absolute Gasteiger partial charge is 0.534 e. The summed E-state index contributed by atoms with van der Waals surface area (Å²) < 4.78 is 74.0. The highest BCUT2D eigenvalue weighted by molar-refractivity contribution is 7.87. The molecule has 0 aromatic heterocycles. The summed E-state index contributed by atoms with van der Waals surface area (Å²) in [6, 6.07) is 0. The standard InChI is InChI=1S/C26H43F3O4SSi/c1-23(2,3)35(6,7)33-18-12-14-24(4)17(16-18)8-9-19-20-10-11-22(25(20,5)15-13-21(19)24)32-34(30,31)26(27,28)29/h11,17-21H,8-10,12-16H2,1-7H3/t17-,18-,19+,20+,21+,24+,25+/m1/s1. The molecular formula is C26H43F3O4SSi. The van der Waals surface area contributed by atoms with Crippen molar-refractivity contribution in [1.29, 1.82) is 0 Å². The van der Waals surface area contributed by atoms with E-state index in [1.165, 1.54) is 0 Å². The van der Waals surface area contributed by atoms with Crippen molar-refractivity contribution in [1.82, 2.24) is 0 Å². The van der Waals surface area contributed by atoms with E-state index < -0.39 is 29.4 Å². The van der Waals surface area contributed by atoms with Crippen LogP contribution in [0.1, 0.15) is 86.0 Å². The Bertz CT molecular complexity index is 970. The molecule has 0 heterocycles. The fourth-order valence-corrected chi connectivity index (χ4v) is 9.73. The Hall–Kier alpha value is -0.543. The van der Waals surface area contributed by atoms with Crippen molar-refractivity contribution in [3.8, 4) is 0 Å². The van der Waals surface area contributed by atoms with Crippen LogP contribution in [0.5, 0.6) is 0 Å². The number of hydrogen-bond donors (Lipinski definition) is 0. The molecule has 0 amide bonds. The van der Waals surface area contributed by atoms with Gasteiger partial charge in [0.1, 0.15) is 5.76 Å². The molecule has 0 unspecified atom stereocenters. The van der Waals surface area contributed by atoms with Gasteiger partial charge in [0.25, 0.3) is 0 Å². The molecule has 0 saturated heterocycles. The van der Waals surface area contributed by atoms with Crippen molar-refractivity contribution in [2.75, 3.05) is 0 Å². The fourth-order valence-electron chi connectivity index (χ4n) is 7.74. The molecule has 0 N–H and O–H groups in total. The summed E-state index contributed by atoms with van der Waals surface area (Å²) >= 11 is 0. The van der Waals surface area contributed by atoms with E-state index in [0.29, 0.717) is 36.7 Å². The van der Waals surface area contributed by atoms with Crippen LogP contribution in [-0.2, 0) is 18.7 Å². The molecule has 4 rings (SSSR count). The molecule has 0 aromatic carbocycles. The van der Waals surface area contributed by atoms with E-state index in [-0.39, 0.29) is 22.1 Å². The second-order valence-corrected chi connectivity index (χ2v) is 20.0. The number of allylic oxidation sites excluding steroid dienone is 2. The summed E-state index contributed by atoms with van der Waals surface area (Å²) in [5.41, 5.74) is -5.85. The Morgan fingerprint density at radius 2 is 1.66 bits per heavy atom. The predicted octanol–water partition coefficient (Wildman–Crippen LogP) is 7.78. The highest BCUT2D eigenvalue weighted by atomic mass is 32.2. The van der Waals surface area contributed by atoms with Crippen LogP contribution in [0.25, 0.3) is 0 Å². The van der Waals surface area contributed by atoms with Crippen LogP contribution in [0, 0.1) is 34.5 Å². The maximum absolute atomic E-state index is 13.0. The molecule has 0 bridgehead atoms. The van der Waals surface area contributed by atoms with Crippen LogP contribution in [0.3, 0.4) is 0 Å². The van der Waals surface area contributed by atoms with E-state index in [4.69, 9.17) is 8.61 Å². The topological polar surface area (TPSA) is 52.6 Å². The second-order valence-electron chi connectivity index (χ2n) is 13.7. The van der Waals surface area contributed by atoms with Crippen LogP contribution in [-0.4, -0.2) is 28.3 Å². The molecule has 9 heteroatoms. The number of alkyl halides is 3. The van der Waals surface area contributed by atoms with Gasteiger partial charge in [-0.25, -0.2) is 0 Å². The maximum Gasteiger partial charge on any atom is 0.534 e. The van der Waals surface area contributed by atoms with Crippen LogP contribution in [0.2, 0.25) is 18.1 Å². The van der Waals surface area contributed by atoms with Gasteiger partial charge in [-0.1, -0.05) is 34.6 Å². The summed E-state index contributed by atoms with van der Waals surface area (Å²) in [5, 5.41) is 0.189. The lowest BCUT2D eigenvalue weighted by Gasteiger charge is -2.61. The van der Waals surface area contributed by atoms with E-state index in [2.05, 4.69) is 40.8 Å². The SMILES string of the molecule is CC(C)(C)[Si](C)(C)O[C@@H]1CC[C@@]2(C)[C@H](CC[C@@H]3[C@@H]2CC[C@]2(C)C(OS(=O)(=O)C(F)(F)F)=CC[C@@H]32)C1. The van der Waals surface area contributed by atoms with Crippen molar-refractivity contribution in [2.24, 2.45) is 34.5 Å². The first-order chi connectivity index (χ1) is 15.8. The van der Waals surface area contributed by atoms with Gasteiger partial charge in [-0.05, 0) is 105 Å². The quantitative estimate of drug-likeness (QED) is 0.209. The molecular weight excluding hydrogens is 493 g/mol. The Morgan fingerprint density at radius 1 is 1.00 bits per heavy atom. The molecule has 4 aliphatic rings. The number of fused-ring (bicyclic) bond motifs is 5. The lowest BCUT2D eigenvalue weighted by Crippen LogP contribution is -2.55. The van der Waals surface area contributed by atoms with Gasteiger partial charge in [0.05, 0.1) is 0 Å². The van der Waals surface area contributed by atoms with Crippen LogP contribution in [0.4, 0.5) is 13.2 Å². The number of rotatable bonds is 4. The Labute approximate surface area is 210 Å². The minimum atomic E-state index is -5.64. The Kier molecular flexibility index (Phi) is 6.66. The molecule has 0 radical (unpaired) electrons. The van der Waals surface area contributed by atoms with Crippen molar-refractivity contribution in [3.63, 3.8) is 0 Å². The lowest BCUT2D eigenvalue weighted by atomic mass is 9.45. The minimum Gasteiger partial charge on any atom is -0.414 e. The second kappa shape index (κ2) is 8.48. The summed E-state index contributed by atoms with van der Waals surface area (Å²) in [4.78, 5) is 0. The summed E-state index contributed by atoms with van der Waals surface area (Å²) in [6.07, 6.45) is 9.57. The zero-order valence-electron chi connectivity index (χ0n) is 22.3. The normalized spacial score (nSPS) is 40.4. The molecule has 0 aromatic rings. The molecule has 3 fully saturated rings. The fraction of sp³-hybridized carbons (Fsp3) is 0.923. The highest BCUT2D eigenvalue weighted by Crippen LogP contribution is 2.66.